The summed E-state index contributed by atoms with van der Waals surface area (Å²) in [5.41, 5.74) is 0. The highest BCUT2D eigenvalue weighted by Gasteiger charge is 2.11. The van der Waals surface area contributed by atoms with E-state index in [1.54, 1.807) is 7.11 Å². The SMILES string of the molecule is COc1ccc(OCCNCCN(C(C)C)C(C)C)cc1. The van der Waals surface area contributed by atoms with Crippen LogP contribution in [-0.2, 0) is 0 Å². The fourth-order valence-corrected chi connectivity index (χ4v) is 2.36. The quantitative estimate of drug-likeness (QED) is 0.673. The lowest BCUT2D eigenvalue weighted by molar-refractivity contribution is 0.174. The summed E-state index contributed by atoms with van der Waals surface area (Å²) in [6.07, 6.45) is 0. The molecular weight excluding hydrogens is 264 g/mol. The third-order valence-electron chi connectivity index (χ3n) is 3.48. The van der Waals surface area contributed by atoms with Crippen LogP contribution in [0.1, 0.15) is 27.7 Å². The van der Waals surface area contributed by atoms with Crippen molar-refractivity contribution in [3.63, 3.8) is 0 Å². The van der Waals surface area contributed by atoms with Crippen molar-refractivity contribution in [1.29, 1.82) is 0 Å². The lowest BCUT2D eigenvalue weighted by Crippen LogP contribution is -2.41. The molecule has 0 fully saturated rings. The van der Waals surface area contributed by atoms with Crippen molar-refractivity contribution in [2.75, 3.05) is 33.4 Å². The molecule has 1 N–H and O–H groups in total. The third kappa shape index (κ3) is 6.82. The molecule has 0 aliphatic rings. The molecule has 0 radical (unpaired) electrons. The maximum absolute atomic E-state index is 5.68. The van der Waals surface area contributed by atoms with Gasteiger partial charge in [-0.25, -0.2) is 0 Å². The summed E-state index contributed by atoms with van der Waals surface area (Å²) in [5.74, 6) is 1.73. The van der Waals surface area contributed by atoms with Crippen LogP contribution in [0, 0.1) is 0 Å². The topological polar surface area (TPSA) is 33.7 Å². The molecule has 0 aromatic heterocycles. The minimum atomic E-state index is 0.586. The van der Waals surface area contributed by atoms with E-state index in [1.807, 2.05) is 24.3 Å². The number of nitrogens with one attached hydrogen (secondary N) is 1. The summed E-state index contributed by atoms with van der Waals surface area (Å²) in [7, 11) is 1.66. The highest BCUT2D eigenvalue weighted by atomic mass is 16.5. The van der Waals surface area contributed by atoms with Gasteiger partial charge in [0.1, 0.15) is 18.1 Å². The average molecular weight is 294 g/mol. The van der Waals surface area contributed by atoms with Crippen molar-refractivity contribution in [1.82, 2.24) is 10.2 Å². The first-order valence-electron chi connectivity index (χ1n) is 7.78. The van der Waals surface area contributed by atoms with Crippen molar-refractivity contribution in [2.45, 2.75) is 39.8 Å². The summed E-state index contributed by atoms with van der Waals surface area (Å²) >= 11 is 0. The van der Waals surface area contributed by atoms with Crippen LogP contribution in [0.25, 0.3) is 0 Å². The zero-order valence-corrected chi connectivity index (χ0v) is 14.1. The molecule has 0 atom stereocenters. The summed E-state index contributed by atoms with van der Waals surface area (Å²) < 4.78 is 10.8. The van der Waals surface area contributed by atoms with Gasteiger partial charge in [0.05, 0.1) is 7.11 Å². The van der Waals surface area contributed by atoms with E-state index in [4.69, 9.17) is 9.47 Å². The monoisotopic (exact) mass is 294 g/mol. The summed E-state index contributed by atoms with van der Waals surface area (Å²) in [6, 6.07) is 8.85. The van der Waals surface area contributed by atoms with E-state index < -0.39 is 0 Å². The third-order valence-corrected chi connectivity index (χ3v) is 3.48. The first kappa shape index (κ1) is 17.8. The Balaban J connectivity index is 2.13. The molecule has 4 heteroatoms. The van der Waals surface area contributed by atoms with Gasteiger partial charge in [0.2, 0.25) is 0 Å². The number of hydrogen-bond donors (Lipinski definition) is 1. The van der Waals surface area contributed by atoms with Gasteiger partial charge in [-0.15, -0.1) is 0 Å². The molecule has 1 rings (SSSR count). The lowest BCUT2D eigenvalue weighted by Gasteiger charge is -2.30. The standard InChI is InChI=1S/C17H30N2O2/c1-14(2)19(15(3)4)12-10-18-11-13-21-17-8-6-16(20-5)7-9-17/h6-9,14-15,18H,10-13H2,1-5H3. The molecule has 0 saturated heterocycles. The lowest BCUT2D eigenvalue weighted by atomic mass is 10.2. The van der Waals surface area contributed by atoms with Gasteiger partial charge in [0.25, 0.3) is 0 Å². The van der Waals surface area contributed by atoms with E-state index in [-0.39, 0.29) is 0 Å². The molecule has 0 heterocycles. The van der Waals surface area contributed by atoms with Crippen molar-refractivity contribution in [3.8, 4) is 11.5 Å². The smallest absolute Gasteiger partial charge is 0.119 e. The molecule has 1 aromatic carbocycles. The van der Waals surface area contributed by atoms with Crippen LogP contribution in [0.15, 0.2) is 24.3 Å². The zero-order valence-electron chi connectivity index (χ0n) is 14.1. The number of methoxy groups -OCH3 is 1. The summed E-state index contributed by atoms with van der Waals surface area (Å²) in [4.78, 5) is 2.48. The van der Waals surface area contributed by atoms with E-state index in [0.29, 0.717) is 18.7 Å². The number of hydrogen-bond acceptors (Lipinski definition) is 4. The summed E-state index contributed by atoms with van der Waals surface area (Å²) in [6.45, 7) is 12.6. The maximum Gasteiger partial charge on any atom is 0.119 e. The Morgan fingerprint density at radius 2 is 1.52 bits per heavy atom. The van der Waals surface area contributed by atoms with Crippen LogP contribution in [0.2, 0.25) is 0 Å². The van der Waals surface area contributed by atoms with E-state index in [1.165, 1.54) is 0 Å². The Morgan fingerprint density at radius 1 is 0.952 bits per heavy atom. The van der Waals surface area contributed by atoms with Gasteiger partial charge in [0, 0.05) is 31.7 Å². The number of nitrogens with zero attached hydrogens (tertiary/aromatic N) is 1. The molecule has 0 bridgehead atoms. The van der Waals surface area contributed by atoms with E-state index in [0.717, 1.165) is 31.1 Å². The molecule has 0 amide bonds. The van der Waals surface area contributed by atoms with Gasteiger partial charge < -0.3 is 14.8 Å². The minimum Gasteiger partial charge on any atom is -0.497 e. The van der Waals surface area contributed by atoms with E-state index in [9.17, 15) is 0 Å². The predicted octanol–water partition coefficient (Wildman–Crippen LogP) is 2.78. The van der Waals surface area contributed by atoms with Gasteiger partial charge >= 0.3 is 0 Å². The highest BCUT2D eigenvalue weighted by molar-refractivity contribution is 5.31. The molecule has 0 unspecified atom stereocenters. The average Bonchev–Trinajstić information content (AvgIpc) is 2.46. The van der Waals surface area contributed by atoms with Crippen LogP contribution in [0.3, 0.4) is 0 Å². The van der Waals surface area contributed by atoms with Crippen molar-refractivity contribution in [2.24, 2.45) is 0 Å². The Kier molecular flexibility index (Phi) is 8.16. The predicted molar refractivity (Wildman–Crippen MR) is 88.3 cm³/mol. The second kappa shape index (κ2) is 9.64. The summed E-state index contributed by atoms with van der Waals surface area (Å²) in [5, 5.41) is 3.43. The second-order valence-electron chi connectivity index (χ2n) is 5.70. The van der Waals surface area contributed by atoms with Crippen LogP contribution in [-0.4, -0.2) is 50.3 Å². The zero-order chi connectivity index (χ0) is 15.7. The normalized spacial score (nSPS) is 11.4. The maximum atomic E-state index is 5.68. The Labute approximate surface area is 129 Å². The molecule has 21 heavy (non-hydrogen) atoms. The molecule has 0 aliphatic heterocycles. The molecule has 4 nitrogen and oxygen atoms in total. The Morgan fingerprint density at radius 3 is 2.05 bits per heavy atom. The van der Waals surface area contributed by atoms with Crippen LogP contribution in [0.5, 0.6) is 11.5 Å². The van der Waals surface area contributed by atoms with Crippen LogP contribution < -0.4 is 14.8 Å². The Hall–Kier alpha value is -1.26. The number of ether oxygens (including phenoxy) is 2. The largest absolute Gasteiger partial charge is 0.497 e. The fraction of sp³-hybridized carbons (Fsp3) is 0.647. The Bertz CT molecular complexity index is 369. The van der Waals surface area contributed by atoms with Crippen LogP contribution in [0.4, 0.5) is 0 Å². The van der Waals surface area contributed by atoms with Gasteiger partial charge in [0.15, 0.2) is 0 Å². The minimum absolute atomic E-state index is 0.586. The molecule has 1 aromatic rings. The molecular formula is C17H30N2O2. The fourth-order valence-electron chi connectivity index (χ4n) is 2.36. The molecule has 0 saturated carbocycles. The first-order valence-corrected chi connectivity index (χ1v) is 7.78. The first-order chi connectivity index (χ1) is 10.0. The molecule has 0 aliphatic carbocycles. The van der Waals surface area contributed by atoms with E-state index >= 15 is 0 Å². The van der Waals surface area contributed by atoms with Crippen LogP contribution >= 0.6 is 0 Å². The van der Waals surface area contributed by atoms with Gasteiger partial charge in [-0.2, -0.15) is 0 Å². The van der Waals surface area contributed by atoms with Crippen molar-refractivity contribution < 1.29 is 9.47 Å². The van der Waals surface area contributed by atoms with E-state index in [2.05, 4.69) is 37.9 Å². The van der Waals surface area contributed by atoms with Gasteiger partial charge in [-0.1, -0.05) is 0 Å². The van der Waals surface area contributed by atoms with Crippen molar-refractivity contribution in [3.05, 3.63) is 24.3 Å². The highest BCUT2D eigenvalue weighted by Crippen LogP contribution is 2.16. The van der Waals surface area contributed by atoms with Gasteiger partial charge in [-0.3, -0.25) is 4.90 Å². The number of rotatable bonds is 10. The molecule has 120 valence electrons. The molecule has 0 spiro atoms. The van der Waals surface area contributed by atoms with Crippen molar-refractivity contribution >= 4 is 0 Å². The second-order valence-corrected chi connectivity index (χ2v) is 5.70. The van der Waals surface area contributed by atoms with Gasteiger partial charge in [-0.05, 0) is 52.0 Å². The number of benzene rings is 1.